The van der Waals surface area contributed by atoms with Crippen LogP contribution in [0, 0.1) is 22.7 Å². The van der Waals surface area contributed by atoms with E-state index in [2.05, 4.69) is 35.2 Å². The molecule has 0 aliphatic heterocycles. The monoisotopic (exact) mass is 694 g/mol. The maximum absolute atomic E-state index is 12.5. The molecule has 6 rings (SSSR count). The predicted octanol–water partition coefficient (Wildman–Crippen LogP) is 6.48. The molecule has 4 aromatic heterocycles. The molecule has 0 spiro atoms. The van der Waals surface area contributed by atoms with Crippen LogP contribution < -0.4 is 11.1 Å². The average Bonchev–Trinajstić information content (AvgIpc) is 3.19. The van der Waals surface area contributed by atoms with Crippen LogP contribution in [0.1, 0.15) is 80.0 Å². The normalized spacial score (nSPS) is 11.1. The summed E-state index contributed by atoms with van der Waals surface area (Å²) in [5, 5.41) is 20.9. The summed E-state index contributed by atoms with van der Waals surface area (Å²) in [4.78, 5) is 48.3. The van der Waals surface area contributed by atoms with Crippen molar-refractivity contribution in [1.29, 1.82) is 10.5 Å². The lowest BCUT2D eigenvalue weighted by atomic mass is 10.0. The van der Waals surface area contributed by atoms with Gasteiger partial charge in [0.05, 0.1) is 40.4 Å². The summed E-state index contributed by atoms with van der Waals surface area (Å²) in [7, 11) is 0. The summed E-state index contributed by atoms with van der Waals surface area (Å²) < 4.78 is 0. The van der Waals surface area contributed by atoms with Crippen molar-refractivity contribution >= 4 is 29.1 Å². The Kier molecular flexibility index (Phi) is 13.6. The van der Waals surface area contributed by atoms with Gasteiger partial charge in [0.15, 0.2) is 11.6 Å². The molecule has 13 heteroatoms. The lowest BCUT2D eigenvalue weighted by Gasteiger charge is -2.13. The third-order valence-corrected chi connectivity index (χ3v) is 7.24. The smallest absolute Gasteiger partial charge is 0.223 e. The van der Waals surface area contributed by atoms with Crippen LogP contribution in [0.15, 0.2) is 122 Å². The van der Waals surface area contributed by atoms with Gasteiger partial charge in [0.25, 0.3) is 0 Å². The topological polar surface area (TPSA) is 197 Å². The van der Waals surface area contributed by atoms with E-state index in [1.54, 1.807) is 67.3 Å². The number of pyridine rings is 2. The molecule has 0 saturated carbocycles. The number of benzene rings is 2. The van der Waals surface area contributed by atoms with E-state index >= 15 is 0 Å². The number of nitriles is 2. The number of hydrogen-bond donors (Lipinski definition) is 2. The lowest BCUT2D eigenvalue weighted by molar-refractivity contribution is 0.103. The molecule has 0 radical (unpaired) electrons. The fraction of sp³-hybridized carbons (Fsp3) is 0.105. The Labute approximate surface area is 299 Å². The Balaban J connectivity index is 0.000000192. The Morgan fingerprint density at radius 3 is 1.55 bits per heavy atom. The van der Waals surface area contributed by atoms with Crippen LogP contribution in [0.5, 0.6) is 0 Å². The number of hydrogen-bond acceptors (Lipinski definition) is 12. The molecule has 3 N–H and O–H groups in total. The highest BCUT2D eigenvalue weighted by Gasteiger charge is 2.13. The molecule has 0 saturated heterocycles. The van der Waals surface area contributed by atoms with Crippen LogP contribution in [-0.4, -0.2) is 41.5 Å². The molecule has 0 bridgehead atoms. The van der Waals surface area contributed by atoms with Crippen molar-refractivity contribution in [3.8, 4) is 12.1 Å². The summed E-state index contributed by atoms with van der Waals surface area (Å²) >= 11 is 5.53. The Bertz CT molecular complexity index is 2130. The van der Waals surface area contributed by atoms with Gasteiger partial charge < -0.3 is 11.1 Å². The number of rotatable bonds is 8. The maximum atomic E-state index is 12.5. The number of anilines is 1. The van der Waals surface area contributed by atoms with Crippen LogP contribution in [0.4, 0.5) is 5.95 Å². The van der Waals surface area contributed by atoms with Crippen molar-refractivity contribution in [2.45, 2.75) is 25.9 Å². The van der Waals surface area contributed by atoms with E-state index in [1.807, 2.05) is 50.3 Å². The van der Waals surface area contributed by atoms with Crippen molar-refractivity contribution in [2.24, 2.45) is 5.73 Å². The van der Waals surface area contributed by atoms with Gasteiger partial charge in [-0.15, -0.1) is 0 Å². The Morgan fingerprint density at radius 2 is 1.14 bits per heavy atom. The fourth-order valence-corrected chi connectivity index (χ4v) is 4.39. The zero-order valence-electron chi connectivity index (χ0n) is 27.6. The van der Waals surface area contributed by atoms with Crippen LogP contribution in [0.25, 0.3) is 0 Å². The second-order valence-electron chi connectivity index (χ2n) is 10.8. The Hall–Kier alpha value is -6.73. The first-order valence-electron chi connectivity index (χ1n) is 15.4. The van der Waals surface area contributed by atoms with E-state index in [1.165, 1.54) is 30.9 Å². The number of aromatic nitrogens is 6. The van der Waals surface area contributed by atoms with Gasteiger partial charge in [-0.3, -0.25) is 19.6 Å². The molecule has 2 unspecified atom stereocenters. The first kappa shape index (κ1) is 37.1. The van der Waals surface area contributed by atoms with Crippen molar-refractivity contribution in [1.82, 2.24) is 29.9 Å². The highest BCUT2D eigenvalue weighted by molar-refractivity contribution is 6.28. The summed E-state index contributed by atoms with van der Waals surface area (Å²) in [5.41, 5.74) is 10.1. The first-order chi connectivity index (χ1) is 24.7. The highest BCUT2D eigenvalue weighted by Crippen LogP contribution is 2.17. The number of nitrogens with zero attached hydrogens (tertiary/aromatic N) is 8. The molecule has 6 aromatic rings. The maximum Gasteiger partial charge on any atom is 0.223 e. The molecule has 252 valence electrons. The third-order valence-electron chi connectivity index (χ3n) is 7.04. The molecule has 51 heavy (non-hydrogen) atoms. The van der Waals surface area contributed by atoms with Crippen molar-refractivity contribution in [3.05, 3.63) is 172 Å². The van der Waals surface area contributed by atoms with Crippen molar-refractivity contribution in [2.75, 3.05) is 5.32 Å². The summed E-state index contributed by atoms with van der Waals surface area (Å²) in [6.45, 7) is 3.92. The number of nitrogens with one attached hydrogen (secondary N) is 1. The standard InChI is InChI=1S/C19H15N5O.C12H6ClN3O.C7H10N2/c1-13(16-6-3-7-21-10-16)24-19-22-11-17(12-23-19)18(25)15-5-2-4-14(8-15)9-20;13-12-15-6-10(7-16-12)11(17)9-3-1-2-8(4-9)5-14;1-6(8)7-3-2-4-9-5-7/h2-8,10-13H,1H3,(H,22,23,24);1-4,6-7H;2-6H,8H2,1H3. The molecular formula is C38H31ClN10O2. The zero-order chi connectivity index (χ0) is 36.6. The second-order valence-corrected chi connectivity index (χ2v) is 11.1. The Morgan fingerprint density at radius 1 is 0.667 bits per heavy atom. The summed E-state index contributed by atoms with van der Waals surface area (Å²) in [5.74, 6) is -0.0265. The predicted molar refractivity (Wildman–Crippen MR) is 191 cm³/mol. The second kappa shape index (κ2) is 18.7. The van der Waals surface area contributed by atoms with E-state index in [9.17, 15) is 9.59 Å². The van der Waals surface area contributed by atoms with E-state index in [0.29, 0.717) is 39.3 Å². The van der Waals surface area contributed by atoms with Crippen LogP contribution in [0.2, 0.25) is 5.28 Å². The first-order valence-corrected chi connectivity index (χ1v) is 15.8. The van der Waals surface area contributed by atoms with Gasteiger partial charge in [0, 0.05) is 66.7 Å². The van der Waals surface area contributed by atoms with E-state index in [0.717, 1.165) is 11.1 Å². The molecule has 0 aliphatic carbocycles. The number of carbonyl (C=O) groups excluding carboxylic acids is 2. The van der Waals surface area contributed by atoms with Gasteiger partial charge in [-0.1, -0.05) is 36.4 Å². The van der Waals surface area contributed by atoms with Gasteiger partial charge in [-0.2, -0.15) is 10.5 Å². The SMILES string of the molecule is CC(N)c1cccnc1.CC(Nc1ncc(C(=O)c2cccc(C#N)c2)cn1)c1cccnc1.N#Cc1cccc(C(=O)c2cnc(Cl)nc2)c1. The van der Waals surface area contributed by atoms with Crippen LogP contribution >= 0.6 is 11.6 Å². The van der Waals surface area contributed by atoms with Crippen molar-refractivity contribution in [3.63, 3.8) is 0 Å². The zero-order valence-corrected chi connectivity index (χ0v) is 28.3. The lowest BCUT2D eigenvalue weighted by Crippen LogP contribution is -2.11. The average molecular weight is 695 g/mol. The molecule has 0 amide bonds. The number of halogens is 1. The number of nitrogens with two attached hydrogens (primary N) is 1. The highest BCUT2D eigenvalue weighted by atomic mass is 35.5. The molecule has 0 aliphatic rings. The quantitative estimate of drug-likeness (QED) is 0.130. The minimum Gasteiger partial charge on any atom is -0.348 e. The van der Waals surface area contributed by atoms with Gasteiger partial charge in [-0.05, 0) is 73.0 Å². The van der Waals surface area contributed by atoms with Gasteiger partial charge in [0.2, 0.25) is 11.2 Å². The fourth-order valence-electron chi connectivity index (χ4n) is 4.30. The molecule has 0 fully saturated rings. The van der Waals surface area contributed by atoms with Crippen LogP contribution in [-0.2, 0) is 0 Å². The molecular weight excluding hydrogens is 664 g/mol. The van der Waals surface area contributed by atoms with E-state index in [4.69, 9.17) is 27.9 Å². The van der Waals surface area contributed by atoms with Gasteiger partial charge in [-0.25, -0.2) is 19.9 Å². The van der Waals surface area contributed by atoms with Gasteiger partial charge in [0.1, 0.15) is 0 Å². The minimum absolute atomic E-state index is 0.0115. The molecule has 12 nitrogen and oxygen atoms in total. The van der Waals surface area contributed by atoms with E-state index < -0.39 is 0 Å². The number of ketones is 2. The largest absolute Gasteiger partial charge is 0.348 e. The molecule has 4 heterocycles. The summed E-state index contributed by atoms with van der Waals surface area (Å²) in [6.07, 6.45) is 12.7. The van der Waals surface area contributed by atoms with Crippen LogP contribution in [0.3, 0.4) is 0 Å². The minimum atomic E-state index is -0.237. The van der Waals surface area contributed by atoms with Crippen molar-refractivity contribution < 1.29 is 9.59 Å². The number of carbonyl (C=O) groups is 2. The van der Waals surface area contributed by atoms with Gasteiger partial charge >= 0.3 is 0 Å². The molecule has 2 aromatic carbocycles. The summed E-state index contributed by atoms with van der Waals surface area (Å²) in [6, 6.07) is 24.8. The van der Waals surface area contributed by atoms with E-state index in [-0.39, 0.29) is 28.9 Å². The third kappa shape index (κ3) is 11.2. The molecule has 2 atom stereocenters.